The Morgan fingerprint density at radius 2 is 2.23 bits per heavy atom. The van der Waals surface area contributed by atoms with Crippen molar-refractivity contribution >= 4 is 11.9 Å². The molecule has 0 unspecified atom stereocenters. The van der Waals surface area contributed by atoms with Crippen LogP contribution in [0.5, 0.6) is 0 Å². The zero-order valence-electron chi connectivity index (χ0n) is 7.94. The van der Waals surface area contributed by atoms with Crippen molar-refractivity contribution in [3.8, 4) is 0 Å². The highest BCUT2D eigenvalue weighted by Crippen LogP contribution is 2.08. The van der Waals surface area contributed by atoms with Crippen LogP contribution in [0, 0.1) is 0 Å². The zero-order chi connectivity index (χ0) is 9.68. The molecule has 1 aromatic rings. The molecule has 13 heavy (non-hydrogen) atoms. The van der Waals surface area contributed by atoms with Gasteiger partial charge in [-0.15, -0.1) is 0 Å². The van der Waals surface area contributed by atoms with Crippen molar-refractivity contribution in [2.24, 2.45) is 0 Å². The normalized spacial score (nSPS) is 10.7. The molecule has 70 valence electrons. The molecule has 3 heteroatoms. The summed E-state index contributed by atoms with van der Waals surface area (Å²) in [7, 11) is 3.90. The van der Waals surface area contributed by atoms with Gasteiger partial charge in [0.1, 0.15) is 5.82 Å². The molecule has 0 atom stereocenters. The van der Waals surface area contributed by atoms with Crippen LogP contribution in [0.4, 0.5) is 5.82 Å². The maximum atomic E-state index is 8.55. The highest BCUT2D eigenvalue weighted by molar-refractivity contribution is 5.50. The Morgan fingerprint density at radius 3 is 2.69 bits per heavy atom. The maximum Gasteiger partial charge on any atom is 0.127 e. The number of aromatic nitrogens is 1. The summed E-state index contributed by atoms with van der Waals surface area (Å²) in [5.41, 5.74) is 1.000. The number of pyridine rings is 1. The fourth-order valence-electron chi connectivity index (χ4n) is 0.949. The van der Waals surface area contributed by atoms with Gasteiger partial charge in [-0.1, -0.05) is 12.2 Å². The van der Waals surface area contributed by atoms with Crippen LogP contribution >= 0.6 is 0 Å². The summed E-state index contributed by atoms with van der Waals surface area (Å²) in [5.74, 6) is 0.932. The van der Waals surface area contributed by atoms with Gasteiger partial charge in [-0.2, -0.15) is 0 Å². The van der Waals surface area contributed by atoms with Crippen LogP contribution in [0.1, 0.15) is 5.56 Å². The zero-order valence-corrected chi connectivity index (χ0v) is 7.94. The van der Waals surface area contributed by atoms with Gasteiger partial charge < -0.3 is 10.0 Å². The predicted octanol–water partition coefficient (Wildman–Crippen LogP) is 1.15. The van der Waals surface area contributed by atoms with E-state index in [-0.39, 0.29) is 6.61 Å². The number of hydrogen-bond donors (Lipinski definition) is 1. The summed E-state index contributed by atoms with van der Waals surface area (Å²) < 4.78 is 0. The van der Waals surface area contributed by atoms with Crippen LogP contribution in [0.3, 0.4) is 0 Å². The second-order valence-electron chi connectivity index (χ2n) is 2.93. The van der Waals surface area contributed by atoms with Gasteiger partial charge in [-0.25, -0.2) is 4.98 Å². The van der Waals surface area contributed by atoms with Gasteiger partial charge in [-0.3, -0.25) is 0 Å². The molecule has 0 aliphatic rings. The van der Waals surface area contributed by atoms with Gasteiger partial charge in [0.25, 0.3) is 0 Å². The predicted molar refractivity (Wildman–Crippen MR) is 54.7 cm³/mol. The van der Waals surface area contributed by atoms with Crippen LogP contribution in [-0.2, 0) is 0 Å². The van der Waals surface area contributed by atoms with E-state index in [1.165, 1.54) is 0 Å². The third kappa shape index (κ3) is 2.87. The molecule has 1 N–H and O–H groups in total. The molecule has 0 amide bonds. The van der Waals surface area contributed by atoms with Crippen molar-refractivity contribution in [2.45, 2.75) is 0 Å². The molecule has 0 bridgehead atoms. The number of aliphatic hydroxyl groups is 1. The van der Waals surface area contributed by atoms with Gasteiger partial charge >= 0.3 is 0 Å². The summed E-state index contributed by atoms with van der Waals surface area (Å²) in [5, 5.41) is 8.55. The quantitative estimate of drug-likeness (QED) is 0.754. The van der Waals surface area contributed by atoms with E-state index in [9.17, 15) is 0 Å². The molecular formula is C10H14N2O. The Labute approximate surface area is 78.3 Å². The molecule has 0 saturated heterocycles. The first kappa shape index (κ1) is 9.74. The third-order valence-electron chi connectivity index (χ3n) is 1.64. The lowest BCUT2D eigenvalue weighted by atomic mass is 10.2. The van der Waals surface area contributed by atoms with Crippen molar-refractivity contribution in [2.75, 3.05) is 25.6 Å². The fourth-order valence-corrected chi connectivity index (χ4v) is 0.949. The molecule has 0 spiro atoms. The molecule has 1 heterocycles. The first-order valence-corrected chi connectivity index (χ1v) is 4.15. The first-order valence-electron chi connectivity index (χ1n) is 4.15. The molecule has 0 aliphatic heterocycles. The van der Waals surface area contributed by atoms with Crippen molar-refractivity contribution in [1.29, 1.82) is 0 Å². The van der Waals surface area contributed by atoms with Crippen LogP contribution < -0.4 is 4.90 Å². The van der Waals surface area contributed by atoms with Gasteiger partial charge in [0.2, 0.25) is 0 Å². The van der Waals surface area contributed by atoms with Gasteiger partial charge in [0.15, 0.2) is 0 Å². The van der Waals surface area contributed by atoms with Gasteiger partial charge in [0, 0.05) is 20.3 Å². The van der Waals surface area contributed by atoms with E-state index < -0.39 is 0 Å². The summed E-state index contributed by atoms with van der Waals surface area (Å²) in [4.78, 5) is 6.17. The number of aliphatic hydroxyl groups excluding tert-OH is 1. The van der Waals surface area contributed by atoms with E-state index >= 15 is 0 Å². The third-order valence-corrected chi connectivity index (χ3v) is 1.64. The summed E-state index contributed by atoms with van der Waals surface area (Å²) in [6.45, 7) is 0.0649. The smallest absolute Gasteiger partial charge is 0.127 e. The number of nitrogens with zero attached hydrogens (tertiary/aromatic N) is 2. The van der Waals surface area contributed by atoms with Crippen molar-refractivity contribution in [3.63, 3.8) is 0 Å². The Morgan fingerprint density at radius 1 is 1.46 bits per heavy atom. The molecule has 0 radical (unpaired) electrons. The average Bonchev–Trinajstić information content (AvgIpc) is 2.15. The Hall–Kier alpha value is -1.35. The SMILES string of the molecule is CN(C)c1ccc(C=CCO)cn1. The molecule has 0 aromatic carbocycles. The van der Waals surface area contributed by atoms with E-state index in [2.05, 4.69) is 4.98 Å². The van der Waals surface area contributed by atoms with Crippen LogP contribution in [0.2, 0.25) is 0 Å². The second kappa shape index (κ2) is 4.62. The molecule has 0 fully saturated rings. The minimum absolute atomic E-state index is 0.0649. The van der Waals surface area contributed by atoms with E-state index in [1.807, 2.05) is 37.2 Å². The van der Waals surface area contributed by atoms with Crippen molar-refractivity contribution < 1.29 is 5.11 Å². The van der Waals surface area contributed by atoms with Crippen LogP contribution in [0.25, 0.3) is 6.08 Å². The number of rotatable bonds is 3. The lowest BCUT2D eigenvalue weighted by Gasteiger charge is -2.10. The number of anilines is 1. The highest BCUT2D eigenvalue weighted by atomic mass is 16.2. The molecule has 3 nitrogen and oxygen atoms in total. The minimum Gasteiger partial charge on any atom is -0.392 e. The van der Waals surface area contributed by atoms with E-state index in [0.29, 0.717) is 0 Å². The standard InChI is InChI=1S/C10H14N2O/c1-12(2)10-6-5-9(8-11-10)4-3-7-13/h3-6,8,13H,7H2,1-2H3. The van der Waals surface area contributed by atoms with Gasteiger partial charge in [0.05, 0.1) is 6.61 Å². The van der Waals surface area contributed by atoms with E-state index in [0.717, 1.165) is 11.4 Å². The van der Waals surface area contributed by atoms with Crippen LogP contribution in [-0.4, -0.2) is 30.8 Å². The lowest BCUT2D eigenvalue weighted by molar-refractivity contribution is 0.343. The largest absolute Gasteiger partial charge is 0.392 e. The Balaban J connectivity index is 2.75. The summed E-state index contributed by atoms with van der Waals surface area (Å²) >= 11 is 0. The molecule has 0 aliphatic carbocycles. The first-order chi connectivity index (χ1) is 6.24. The van der Waals surface area contributed by atoms with Gasteiger partial charge in [-0.05, 0) is 17.7 Å². The van der Waals surface area contributed by atoms with E-state index in [1.54, 1.807) is 12.3 Å². The molecular weight excluding hydrogens is 164 g/mol. The molecule has 0 saturated carbocycles. The Bertz CT molecular complexity index is 277. The summed E-state index contributed by atoms with van der Waals surface area (Å²) in [6.07, 6.45) is 5.31. The lowest BCUT2D eigenvalue weighted by Crippen LogP contribution is -2.09. The fraction of sp³-hybridized carbons (Fsp3) is 0.300. The highest BCUT2D eigenvalue weighted by Gasteiger charge is 1.94. The maximum absolute atomic E-state index is 8.55. The topological polar surface area (TPSA) is 36.4 Å². The monoisotopic (exact) mass is 178 g/mol. The van der Waals surface area contributed by atoms with Crippen molar-refractivity contribution in [3.05, 3.63) is 30.0 Å². The van der Waals surface area contributed by atoms with E-state index in [4.69, 9.17) is 5.11 Å². The van der Waals surface area contributed by atoms with Crippen LogP contribution in [0.15, 0.2) is 24.4 Å². The average molecular weight is 178 g/mol. The number of hydrogen-bond acceptors (Lipinski definition) is 3. The Kier molecular flexibility index (Phi) is 3.46. The molecule has 1 rings (SSSR count). The molecule has 1 aromatic heterocycles. The summed E-state index contributed by atoms with van der Waals surface area (Å²) in [6, 6.07) is 3.91. The van der Waals surface area contributed by atoms with Crippen molar-refractivity contribution in [1.82, 2.24) is 4.98 Å². The second-order valence-corrected chi connectivity index (χ2v) is 2.93. The minimum atomic E-state index is 0.0649.